The number of aryl methyl sites for hydroxylation is 1. The molecule has 0 heterocycles. The number of halogens is 1. The summed E-state index contributed by atoms with van der Waals surface area (Å²) in [5.74, 6) is 3.64. The average Bonchev–Trinajstić information content (AvgIpc) is 2.81. The second-order valence-corrected chi connectivity index (χ2v) is 10.3. The van der Waals surface area contributed by atoms with Gasteiger partial charge in [-0.15, -0.1) is 0 Å². The molecule has 30 heavy (non-hydrogen) atoms. The zero-order valence-corrected chi connectivity index (χ0v) is 19.3. The van der Waals surface area contributed by atoms with Crippen LogP contribution in [-0.2, 0) is 6.42 Å². The molecule has 0 bridgehead atoms. The maximum absolute atomic E-state index is 15.0. The third-order valence-electron chi connectivity index (χ3n) is 8.49. The van der Waals surface area contributed by atoms with Crippen molar-refractivity contribution in [1.82, 2.24) is 0 Å². The van der Waals surface area contributed by atoms with E-state index in [1.807, 2.05) is 6.07 Å². The average molecular weight is 409 g/mol. The van der Waals surface area contributed by atoms with E-state index in [4.69, 9.17) is 0 Å². The molecule has 0 aromatic heterocycles. The van der Waals surface area contributed by atoms with E-state index in [1.165, 1.54) is 76.2 Å². The molecule has 2 aliphatic carbocycles. The SMILES string of the molecule is CCCCCc1ccc2cc(C3CCC(C4CCC(CC)CC4)CC3)ccc2c1F. The Morgan fingerprint density at radius 3 is 2.17 bits per heavy atom. The van der Waals surface area contributed by atoms with Crippen molar-refractivity contribution in [3.8, 4) is 0 Å². The van der Waals surface area contributed by atoms with Gasteiger partial charge in [-0.3, -0.25) is 0 Å². The molecule has 0 nitrogen and oxygen atoms in total. The molecule has 2 aromatic rings. The van der Waals surface area contributed by atoms with E-state index in [1.54, 1.807) is 0 Å². The van der Waals surface area contributed by atoms with E-state index in [9.17, 15) is 4.39 Å². The molecule has 2 aromatic carbocycles. The lowest BCUT2D eigenvalue weighted by molar-refractivity contribution is 0.158. The number of rotatable bonds is 7. The van der Waals surface area contributed by atoms with Crippen LogP contribution in [0.3, 0.4) is 0 Å². The minimum absolute atomic E-state index is 0.0153. The molecule has 164 valence electrons. The van der Waals surface area contributed by atoms with Gasteiger partial charge in [-0.1, -0.05) is 76.3 Å². The van der Waals surface area contributed by atoms with Crippen molar-refractivity contribution in [3.05, 3.63) is 47.3 Å². The summed E-state index contributed by atoms with van der Waals surface area (Å²) >= 11 is 0. The van der Waals surface area contributed by atoms with Gasteiger partial charge < -0.3 is 0 Å². The smallest absolute Gasteiger partial charge is 0.134 e. The minimum atomic E-state index is 0.0153. The van der Waals surface area contributed by atoms with Gasteiger partial charge in [-0.25, -0.2) is 4.39 Å². The van der Waals surface area contributed by atoms with E-state index in [-0.39, 0.29) is 5.82 Å². The zero-order chi connectivity index (χ0) is 20.9. The predicted molar refractivity (Wildman–Crippen MR) is 128 cm³/mol. The molecule has 0 radical (unpaired) electrons. The van der Waals surface area contributed by atoms with Crippen LogP contribution < -0.4 is 0 Å². The molecule has 2 fully saturated rings. The summed E-state index contributed by atoms with van der Waals surface area (Å²) < 4.78 is 15.0. The predicted octanol–water partition coefficient (Wildman–Crippen LogP) is 9.20. The van der Waals surface area contributed by atoms with Crippen LogP contribution in [0.25, 0.3) is 10.8 Å². The lowest BCUT2D eigenvalue weighted by Gasteiger charge is -2.38. The van der Waals surface area contributed by atoms with Crippen LogP contribution in [0.4, 0.5) is 4.39 Å². The summed E-state index contributed by atoms with van der Waals surface area (Å²) in [6, 6.07) is 10.7. The molecular formula is C29H41F. The lowest BCUT2D eigenvalue weighted by atomic mass is 9.68. The molecule has 4 rings (SSSR count). The summed E-state index contributed by atoms with van der Waals surface area (Å²) in [6.45, 7) is 4.56. The summed E-state index contributed by atoms with van der Waals surface area (Å²) in [4.78, 5) is 0. The highest BCUT2D eigenvalue weighted by Gasteiger charge is 2.31. The molecule has 0 amide bonds. The first kappa shape index (κ1) is 21.8. The van der Waals surface area contributed by atoms with Gasteiger partial charge in [0, 0.05) is 5.39 Å². The molecular weight excluding hydrogens is 367 g/mol. The van der Waals surface area contributed by atoms with Gasteiger partial charge in [0.25, 0.3) is 0 Å². The Morgan fingerprint density at radius 1 is 0.800 bits per heavy atom. The van der Waals surface area contributed by atoms with Gasteiger partial charge >= 0.3 is 0 Å². The quantitative estimate of drug-likeness (QED) is 0.400. The Labute approximate surface area is 183 Å². The Hall–Kier alpha value is -1.37. The van der Waals surface area contributed by atoms with Crippen LogP contribution in [0.2, 0.25) is 0 Å². The van der Waals surface area contributed by atoms with E-state index in [0.717, 1.165) is 46.9 Å². The fourth-order valence-corrected chi connectivity index (χ4v) is 6.36. The van der Waals surface area contributed by atoms with Crippen molar-refractivity contribution in [2.75, 3.05) is 0 Å². The first-order valence-electron chi connectivity index (χ1n) is 12.9. The van der Waals surface area contributed by atoms with Crippen molar-refractivity contribution in [2.45, 2.75) is 103 Å². The van der Waals surface area contributed by atoms with Crippen LogP contribution in [0, 0.1) is 23.6 Å². The molecule has 0 unspecified atom stereocenters. The van der Waals surface area contributed by atoms with Crippen molar-refractivity contribution >= 4 is 10.8 Å². The van der Waals surface area contributed by atoms with Gasteiger partial charge in [-0.05, 0) is 91.6 Å². The van der Waals surface area contributed by atoms with Gasteiger partial charge in [0.05, 0.1) is 0 Å². The van der Waals surface area contributed by atoms with Crippen LogP contribution in [0.1, 0.15) is 108 Å². The maximum atomic E-state index is 15.0. The van der Waals surface area contributed by atoms with E-state index < -0.39 is 0 Å². The Kier molecular flexibility index (Phi) is 7.50. The second-order valence-electron chi connectivity index (χ2n) is 10.3. The molecule has 0 N–H and O–H groups in total. The fourth-order valence-electron chi connectivity index (χ4n) is 6.36. The third-order valence-corrected chi connectivity index (χ3v) is 8.49. The van der Waals surface area contributed by atoms with Crippen LogP contribution in [0.5, 0.6) is 0 Å². The first-order valence-corrected chi connectivity index (χ1v) is 12.9. The number of unbranched alkanes of at least 4 members (excludes halogenated alkanes) is 2. The van der Waals surface area contributed by atoms with Gasteiger partial charge in [0.15, 0.2) is 0 Å². The summed E-state index contributed by atoms with van der Waals surface area (Å²) in [5.41, 5.74) is 2.33. The number of hydrogen-bond donors (Lipinski definition) is 0. The van der Waals surface area contributed by atoms with Crippen molar-refractivity contribution < 1.29 is 4.39 Å². The topological polar surface area (TPSA) is 0 Å². The maximum Gasteiger partial charge on any atom is 0.134 e. The van der Waals surface area contributed by atoms with Crippen LogP contribution >= 0.6 is 0 Å². The number of hydrogen-bond acceptors (Lipinski definition) is 0. The van der Waals surface area contributed by atoms with Crippen LogP contribution in [-0.4, -0.2) is 0 Å². The van der Waals surface area contributed by atoms with E-state index in [0.29, 0.717) is 5.92 Å². The molecule has 2 saturated carbocycles. The van der Waals surface area contributed by atoms with Gasteiger partial charge in [0.1, 0.15) is 5.82 Å². The molecule has 0 atom stereocenters. The Balaban J connectivity index is 1.38. The number of fused-ring (bicyclic) bond motifs is 1. The van der Waals surface area contributed by atoms with E-state index >= 15 is 0 Å². The summed E-state index contributed by atoms with van der Waals surface area (Å²) in [6.07, 6.45) is 17.0. The Morgan fingerprint density at radius 2 is 1.50 bits per heavy atom. The van der Waals surface area contributed by atoms with Crippen molar-refractivity contribution in [2.24, 2.45) is 17.8 Å². The third kappa shape index (κ3) is 4.92. The van der Waals surface area contributed by atoms with Crippen molar-refractivity contribution in [1.29, 1.82) is 0 Å². The molecule has 2 aliphatic rings. The van der Waals surface area contributed by atoms with Crippen molar-refractivity contribution in [3.63, 3.8) is 0 Å². The highest BCUT2D eigenvalue weighted by atomic mass is 19.1. The molecule has 0 spiro atoms. The highest BCUT2D eigenvalue weighted by Crippen LogP contribution is 2.44. The summed E-state index contributed by atoms with van der Waals surface area (Å²) in [5, 5.41) is 1.90. The number of benzene rings is 2. The summed E-state index contributed by atoms with van der Waals surface area (Å²) in [7, 11) is 0. The van der Waals surface area contributed by atoms with E-state index in [2.05, 4.69) is 38.1 Å². The van der Waals surface area contributed by atoms with Crippen LogP contribution in [0.15, 0.2) is 30.3 Å². The van der Waals surface area contributed by atoms with Gasteiger partial charge in [-0.2, -0.15) is 0 Å². The fraction of sp³-hybridized carbons (Fsp3) is 0.655. The second kappa shape index (κ2) is 10.3. The monoisotopic (exact) mass is 408 g/mol. The minimum Gasteiger partial charge on any atom is -0.206 e. The zero-order valence-electron chi connectivity index (χ0n) is 19.3. The van der Waals surface area contributed by atoms with Gasteiger partial charge in [0.2, 0.25) is 0 Å². The molecule has 1 heteroatoms. The Bertz CT molecular complexity index is 806. The largest absolute Gasteiger partial charge is 0.206 e. The molecule has 0 saturated heterocycles. The molecule has 0 aliphatic heterocycles. The normalized spacial score (nSPS) is 27.4. The lowest BCUT2D eigenvalue weighted by Crippen LogP contribution is -2.25. The standard InChI is InChI=1S/C29H41F/c1-3-5-6-7-25-16-17-27-20-26(18-19-28(27)29(25)30)24-14-12-23(13-15-24)22-10-8-21(4-2)9-11-22/h16-24H,3-15H2,1-2H3. The first-order chi connectivity index (χ1) is 14.7. The highest BCUT2D eigenvalue weighted by molar-refractivity contribution is 5.84.